The standard InChI is InChI=1S/C16H17N3O/c1-2-9-19-14(15(17)18-16(19)20)13-8-7-11-5-3-4-6-12(11)10-13/h3-8,10,14H,2,9H2,1H3,(H2,17,18,20). The number of carbonyl (C=O) groups is 1. The second kappa shape index (κ2) is 4.96. The van der Waals surface area contributed by atoms with E-state index >= 15 is 0 Å². The Bertz CT molecular complexity index is 680. The van der Waals surface area contributed by atoms with Crippen molar-refractivity contribution in [3.63, 3.8) is 0 Å². The van der Waals surface area contributed by atoms with Gasteiger partial charge in [0.1, 0.15) is 11.9 Å². The molecular weight excluding hydrogens is 250 g/mol. The summed E-state index contributed by atoms with van der Waals surface area (Å²) >= 11 is 0. The first-order valence-corrected chi connectivity index (χ1v) is 6.85. The number of nitrogens with one attached hydrogen (secondary N) is 2. The highest BCUT2D eigenvalue weighted by atomic mass is 16.2. The number of carbonyl (C=O) groups excluding carboxylic acids is 1. The number of rotatable bonds is 3. The molecule has 1 aliphatic rings. The normalized spacial score (nSPS) is 18.6. The van der Waals surface area contributed by atoms with Crippen molar-refractivity contribution in [3.05, 3.63) is 48.0 Å². The second-order valence-corrected chi connectivity index (χ2v) is 5.05. The van der Waals surface area contributed by atoms with Gasteiger partial charge < -0.3 is 4.90 Å². The van der Waals surface area contributed by atoms with Gasteiger partial charge in [-0.15, -0.1) is 0 Å². The third-order valence-corrected chi connectivity index (χ3v) is 3.64. The molecule has 2 aromatic rings. The molecule has 0 aliphatic carbocycles. The largest absolute Gasteiger partial charge is 0.323 e. The van der Waals surface area contributed by atoms with Gasteiger partial charge in [0, 0.05) is 6.54 Å². The summed E-state index contributed by atoms with van der Waals surface area (Å²) in [7, 11) is 0. The van der Waals surface area contributed by atoms with Crippen molar-refractivity contribution < 1.29 is 4.79 Å². The zero-order valence-corrected chi connectivity index (χ0v) is 11.4. The van der Waals surface area contributed by atoms with E-state index in [-0.39, 0.29) is 17.9 Å². The molecule has 1 atom stereocenters. The molecule has 1 unspecified atom stereocenters. The van der Waals surface area contributed by atoms with Gasteiger partial charge in [-0.25, -0.2) is 4.79 Å². The number of amidine groups is 1. The Morgan fingerprint density at radius 1 is 1.20 bits per heavy atom. The number of urea groups is 1. The molecule has 0 radical (unpaired) electrons. The summed E-state index contributed by atoms with van der Waals surface area (Å²) in [6.07, 6.45) is 0.880. The molecule has 20 heavy (non-hydrogen) atoms. The van der Waals surface area contributed by atoms with Crippen molar-refractivity contribution in [1.82, 2.24) is 10.2 Å². The van der Waals surface area contributed by atoms with Gasteiger partial charge in [-0.3, -0.25) is 10.7 Å². The van der Waals surface area contributed by atoms with E-state index in [0.29, 0.717) is 6.54 Å². The van der Waals surface area contributed by atoms with Crippen molar-refractivity contribution in [2.45, 2.75) is 19.4 Å². The van der Waals surface area contributed by atoms with Crippen LogP contribution in [0.4, 0.5) is 4.79 Å². The minimum Gasteiger partial charge on any atom is -0.310 e. The quantitative estimate of drug-likeness (QED) is 0.880. The Labute approximate surface area is 117 Å². The molecule has 2 N–H and O–H groups in total. The van der Waals surface area contributed by atoms with E-state index in [4.69, 9.17) is 5.41 Å². The van der Waals surface area contributed by atoms with Crippen molar-refractivity contribution in [1.29, 1.82) is 5.41 Å². The van der Waals surface area contributed by atoms with Crippen LogP contribution in [0.2, 0.25) is 0 Å². The number of amides is 2. The summed E-state index contributed by atoms with van der Waals surface area (Å²) < 4.78 is 0. The summed E-state index contributed by atoms with van der Waals surface area (Å²) in [5.41, 5.74) is 0.987. The maximum Gasteiger partial charge on any atom is 0.323 e. The van der Waals surface area contributed by atoms with Gasteiger partial charge in [0.2, 0.25) is 0 Å². The summed E-state index contributed by atoms with van der Waals surface area (Å²) in [6, 6.07) is 13.8. The topological polar surface area (TPSA) is 56.2 Å². The van der Waals surface area contributed by atoms with E-state index in [1.807, 2.05) is 31.2 Å². The lowest BCUT2D eigenvalue weighted by molar-refractivity contribution is 0.206. The molecule has 3 rings (SSSR count). The van der Waals surface area contributed by atoms with E-state index in [9.17, 15) is 4.79 Å². The molecule has 0 bridgehead atoms. The first-order valence-electron chi connectivity index (χ1n) is 6.85. The van der Waals surface area contributed by atoms with Crippen LogP contribution in [0.5, 0.6) is 0 Å². The molecule has 0 aromatic heterocycles. The van der Waals surface area contributed by atoms with Crippen molar-refractivity contribution in [2.75, 3.05) is 6.54 Å². The van der Waals surface area contributed by atoms with E-state index < -0.39 is 0 Å². The molecule has 1 heterocycles. The Kier molecular flexibility index (Phi) is 3.14. The molecule has 2 aromatic carbocycles. The molecule has 0 saturated carbocycles. The molecule has 4 heteroatoms. The average molecular weight is 267 g/mol. The summed E-state index contributed by atoms with van der Waals surface area (Å²) in [6.45, 7) is 2.69. The number of nitrogens with zero attached hydrogens (tertiary/aromatic N) is 1. The molecule has 1 fully saturated rings. The molecule has 2 amide bonds. The third-order valence-electron chi connectivity index (χ3n) is 3.64. The first kappa shape index (κ1) is 12.7. The molecule has 102 valence electrons. The van der Waals surface area contributed by atoms with E-state index in [0.717, 1.165) is 17.4 Å². The smallest absolute Gasteiger partial charge is 0.310 e. The Balaban J connectivity index is 2.04. The summed E-state index contributed by atoms with van der Waals surface area (Å²) in [5, 5.41) is 12.9. The van der Waals surface area contributed by atoms with Gasteiger partial charge >= 0.3 is 6.03 Å². The third kappa shape index (κ3) is 2.03. The maximum atomic E-state index is 11.9. The van der Waals surface area contributed by atoms with Gasteiger partial charge in [-0.2, -0.15) is 0 Å². The number of benzene rings is 2. The molecule has 1 saturated heterocycles. The van der Waals surface area contributed by atoms with Crippen LogP contribution in [0.1, 0.15) is 24.9 Å². The van der Waals surface area contributed by atoms with Gasteiger partial charge in [0.15, 0.2) is 0 Å². The van der Waals surface area contributed by atoms with Gasteiger partial charge in [-0.05, 0) is 28.8 Å². The van der Waals surface area contributed by atoms with E-state index in [2.05, 4.69) is 23.5 Å². The zero-order valence-electron chi connectivity index (χ0n) is 11.4. The summed E-state index contributed by atoms with van der Waals surface area (Å²) in [5.74, 6) is 0.263. The van der Waals surface area contributed by atoms with E-state index in [1.165, 1.54) is 5.39 Å². The molecular formula is C16H17N3O. The highest BCUT2D eigenvalue weighted by molar-refractivity contribution is 6.06. The van der Waals surface area contributed by atoms with Crippen LogP contribution in [0.3, 0.4) is 0 Å². The predicted molar refractivity (Wildman–Crippen MR) is 79.9 cm³/mol. The fourth-order valence-electron chi connectivity index (χ4n) is 2.72. The highest BCUT2D eigenvalue weighted by Crippen LogP contribution is 2.28. The minimum absolute atomic E-state index is 0.171. The lowest BCUT2D eigenvalue weighted by Gasteiger charge is -2.22. The van der Waals surface area contributed by atoms with Crippen molar-refractivity contribution in [3.8, 4) is 0 Å². The van der Waals surface area contributed by atoms with Crippen LogP contribution < -0.4 is 5.32 Å². The highest BCUT2D eigenvalue weighted by Gasteiger charge is 2.35. The van der Waals surface area contributed by atoms with Crippen LogP contribution >= 0.6 is 0 Å². The Hall–Kier alpha value is -2.36. The van der Waals surface area contributed by atoms with Crippen LogP contribution in [-0.2, 0) is 0 Å². The minimum atomic E-state index is -0.285. The van der Waals surface area contributed by atoms with E-state index in [1.54, 1.807) is 4.90 Å². The molecule has 1 aliphatic heterocycles. The Morgan fingerprint density at radius 2 is 1.95 bits per heavy atom. The lowest BCUT2D eigenvalue weighted by atomic mass is 10.0. The van der Waals surface area contributed by atoms with Gasteiger partial charge in [0.25, 0.3) is 0 Å². The first-order chi connectivity index (χ1) is 9.70. The average Bonchev–Trinajstić information content (AvgIpc) is 2.73. The molecule has 0 spiro atoms. The fourth-order valence-corrected chi connectivity index (χ4v) is 2.72. The van der Waals surface area contributed by atoms with Crippen LogP contribution in [0.15, 0.2) is 42.5 Å². The predicted octanol–water partition coefficient (Wildman–Crippen LogP) is 3.29. The summed E-state index contributed by atoms with van der Waals surface area (Å²) in [4.78, 5) is 13.6. The lowest BCUT2D eigenvalue weighted by Crippen LogP contribution is -2.30. The number of hydrogen-bond acceptors (Lipinski definition) is 2. The SMILES string of the molecule is CCCN1C(=O)NC(=N)C1c1ccc2ccccc2c1. The van der Waals surface area contributed by atoms with Gasteiger partial charge in [-0.1, -0.05) is 43.3 Å². The van der Waals surface area contributed by atoms with Crippen molar-refractivity contribution in [2.24, 2.45) is 0 Å². The Morgan fingerprint density at radius 3 is 2.70 bits per heavy atom. The monoisotopic (exact) mass is 267 g/mol. The maximum absolute atomic E-state index is 11.9. The van der Waals surface area contributed by atoms with Gasteiger partial charge in [0.05, 0.1) is 0 Å². The van der Waals surface area contributed by atoms with Crippen LogP contribution in [-0.4, -0.2) is 23.3 Å². The fraction of sp³-hybridized carbons (Fsp3) is 0.250. The number of hydrogen-bond donors (Lipinski definition) is 2. The van der Waals surface area contributed by atoms with Crippen LogP contribution in [0.25, 0.3) is 10.8 Å². The van der Waals surface area contributed by atoms with Crippen molar-refractivity contribution >= 4 is 22.6 Å². The molecule has 4 nitrogen and oxygen atoms in total. The zero-order chi connectivity index (χ0) is 14.1. The number of fused-ring (bicyclic) bond motifs is 1. The van der Waals surface area contributed by atoms with Crippen LogP contribution in [0, 0.1) is 5.41 Å². The second-order valence-electron chi connectivity index (χ2n) is 5.05.